The first-order chi connectivity index (χ1) is 10.2. The molecule has 1 aliphatic rings. The summed E-state index contributed by atoms with van der Waals surface area (Å²) in [4.78, 5) is 0. The predicted molar refractivity (Wildman–Crippen MR) is 88.5 cm³/mol. The van der Waals surface area contributed by atoms with Crippen LogP contribution >= 0.6 is 12.4 Å². The minimum Gasteiger partial charge on any atom is -0.490 e. The summed E-state index contributed by atoms with van der Waals surface area (Å²) in [7, 11) is -1.66. The Labute approximate surface area is 137 Å². The summed E-state index contributed by atoms with van der Waals surface area (Å²) in [5.74, 6) is -0.419. The van der Waals surface area contributed by atoms with Crippen molar-refractivity contribution in [2.75, 3.05) is 13.2 Å². The molecule has 22 heavy (non-hydrogen) atoms. The first kappa shape index (κ1) is 19.2. The first-order valence-electron chi connectivity index (χ1n) is 7.68. The molecule has 0 bridgehead atoms. The van der Waals surface area contributed by atoms with E-state index in [2.05, 4.69) is 5.32 Å². The first-order valence-corrected chi connectivity index (χ1v) is 7.68. The largest absolute Gasteiger partial charge is 0.490 e. The van der Waals surface area contributed by atoms with Crippen molar-refractivity contribution in [3.63, 3.8) is 0 Å². The molecule has 1 aromatic carbocycles. The molecule has 0 radical (unpaired) electrons. The van der Waals surface area contributed by atoms with Crippen LogP contribution in [-0.2, 0) is 0 Å². The molecule has 7 heteroatoms. The van der Waals surface area contributed by atoms with Crippen LogP contribution in [0.3, 0.4) is 0 Å². The normalized spacial score (nSPS) is 15.2. The summed E-state index contributed by atoms with van der Waals surface area (Å²) in [6.45, 7) is 1.32. The smallest absolute Gasteiger partial charge is 0.488 e. The molecule has 3 N–H and O–H groups in total. The highest BCUT2D eigenvalue weighted by Gasteiger charge is 2.14. The summed E-state index contributed by atoms with van der Waals surface area (Å²) in [5.41, 5.74) is 0.124. The third-order valence-electron chi connectivity index (χ3n) is 3.87. The molecule has 2 rings (SSSR count). The molecule has 1 aliphatic carbocycles. The van der Waals surface area contributed by atoms with Crippen molar-refractivity contribution in [1.29, 1.82) is 0 Å². The monoisotopic (exact) mass is 331 g/mol. The van der Waals surface area contributed by atoms with E-state index in [1.165, 1.54) is 44.2 Å². The second kappa shape index (κ2) is 10.1. The lowest BCUT2D eigenvalue weighted by atomic mass is 9.80. The van der Waals surface area contributed by atoms with Crippen LogP contribution in [-0.4, -0.2) is 36.4 Å². The number of rotatable bonds is 7. The zero-order valence-corrected chi connectivity index (χ0v) is 13.4. The van der Waals surface area contributed by atoms with Gasteiger partial charge >= 0.3 is 7.12 Å². The van der Waals surface area contributed by atoms with Crippen LogP contribution < -0.4 is 15.5 Å². The van der Waals surface area contributed by atoms with Crippen LogP contribution in [0.25, 0.3) is 0 Å². The molecule has 0 atom stereocenters. The molecule has 0 heterocycles. The standard InChI is InChI=1S/C15H23BFNO3.ClH/c17-14-11-12(16(19)20)7-8-15(14)21-10-4-9-18-13-5-2-1-3-6-13;/h7-8,11,13,18-20H,1-6,9-10H2;1H. The van der Waals surface area contributed by atoms with Gasteiger partial charge in [0.15, 0.2) is 11.6 Å². The van der Waals surface area contributed by atoms with Gasteiger partial charge in [-0.3, -0.25) is 0 Å². The lowest BCUT2D eigenvalue weighted by Crippen LogP contribution is -2.32. The summed E-state index contributed by atoms with van der Waals surface area (Å²) in [6.07, 6.45) is 7.28. The fourth-order valence-electron chi connectivity index (χ4n) is 2.66. The van der Waals surface area contributed by atoms with Crippen molar-refractivity contribution >= 4 is 25.0 Å². The van der Waals surface area contributed by atoms with E-state index in [0.29, 0.717) is 12.6 Å². The van der Waals surface area contributed by atoms with Crippen LogP contribution in [0.5, 0.6) is 5.75 Å². The molecule has 4 nitrogen and oxygen atoms in total. The second-order valence-corrected chi connectivity index (χ2v) is 5.55. The van der Waals surface area contributed by atoms with Gasteiger partial charge in [0.1, 0.15) is 0 Å². The van der Waals surface area contributed by atoms with Gasteiger partial charge in [0.25, 0.3) is 0 Å². The van der Waals surface area contributed by atoms with Crippen LogP contribution in [0.4, 0.5) is 4.39 Å². The van der Waals surface area contributed by atoms with Crippen molar-refractivity contribution in [2.24, 2.45) is 0 Å². The summed E-state index contributed by atoms with van der Waals surface area (Å²) < 4.78 is 19.0. The average Bonchev–Trinajstić information content (AvgIpc) is 2.49. The molecular formula is C15H24BClFNO3. The van der Waals surface area contributed by atoms with Gasteiger partial charge in [0.2, 0.25) is 0 Å². The molecule has 0 spiro atoms. The Morgan fingerprint density at radius 2 is 1.95 bits per heavy atom. The molecule has 0 aromatic heterocycles. The number of hydrogen-bond donors (Lipinski definition) is 3. The summed E-state index contributed by atoms with van der Waals surface area (Å²) in [6, 6.07) is 4.59. The van der Waals surface area contributed by atoms with E-state index in [9.17, 15) is 4.39 Å². The topological polar surface area (TPSA) is 61.7 Å². The van der Waals surface area contributed by atoms with Crippen LogP contribution in [0.1, 0.15) is 38.5 Å². The van der Waals surface area contributed by atoms with E-state index >= 15 is 0 Å². The van der Waals surface area contributed by atoms with Gasteiger partial charge < -0.3 is 20.1 Å². The lowest BCUT2D eigenvalue weighted by Gasteiger charge is -2.22. The molecule has 1 saturated carbocycles. The molecule has 0 unspecified atom stereocenters. The van der Waals surface area contributed by atoms with Gasteiger partial charge in [-0.25, -0.2) is 4.39 Å². The van der Waals surface area contributed by atoms with Gasteiger partial charge in [-0.2, -0.15) is 0 Å². The Balaban J connectivity index is 0.00000242. The minimum absolute atomic E-state index is 0. The second-order valence-electron chi connectivity index (χ2n) is 5.55. The van der Waals surface area contributed by atoms with Gasteiger partial charge in [0.05, 0.1) is 6.61 Å². The Morgan fingerprint density at radius 1 is 1.23 bits per heavy atom. The summed E-state index contributed by atoms with van der Waals surface area (Å²) in [5, 5.41) is 21.4. The minimum atomic E-state index is -1.66. The van der Waals surface area contributed by atoms with E-state index in [0.717, 1.165) is 19.0 Å². The quantitative estimate of drug-likeness (QED) is 0.525. The number of nitrogens with one attached hydrogen (secondary N) is 1. The highest BCUT2D eigenvalue weighted by Crippen LogP contribution is 2.17. The summed E-state index contributed by atoms with van der Waals surface area (Å²) >= 11 is 0. The molecule has 0 saturated heterocycles. The molecule has 124 valence electrons. The van der Waals surface area contributed by atoms with E-state index in [1.54, 1.807) is 0 Å². The van der Waals surface area contributed by atoms with Crippen molar-refractivity contribution in [3.8, 4) is 5.75 Å². The zero-order valence-electron chi connectivity index (χ0n) is 12.6. The van der Waals surface area contributed by atoms with Gasteiger partial charge in [0, 0.05) is 6.04 Å². The fourth-order valence-corrected chi connectivity index (χ4v) is 2.66. The lowest BCUT2D eigenvalue weighted by molar-refractivity contribution is 0.285. The van der Waals surface area contributed by atoms with E-state index < -0.39 is 12.9 Å². The Hall–Kier alpha value is -0.815. The van der Waals surface area contributed by atoms with E-state index in [-0.39, 0.29) is 23.6 Å². The van der Waals surface area contributed by atoms with Crippen molar-refractivity contribution in [2.45, 2.75) is 44.6 Å². The van der Waals surface area contributed by atoms with E-state index in [4.69, 9.17) is 14.8 Å². The van der Waals surface area contributed by atoms with Crippen LogP contribution in [0.15, 0.2) is 18.2 Å². The zero-order chi connectivity index (χ0) is 15.1. The average molecular weight is 332 g/mol. The maximum Gasteiger partial charge on any atom is 0.488 e. The van der Waals surface area contributed by atoms with Gasteiger partial charge in [-0.1, -0.05) is 25.3 Å². The fraction of sp³-hybridized carbons (Fsp3) is 0.600. The number of ether oxygens (including phenoxy) is 1. The highest BCUT2D eigenvalue weighted by atomic mass is 35.5. The number of hydrogen-bond acceptors (Lipinski definition) is 4. The van der Waals surface area contributed by atoms with Crippen molar-refractivity contribution in [1.82, 2.24) is 5.32 Å². The molecular weight excluding hydrogens is 307 g/mol. The SMILES string of the molecule is Cl.OB(O)c1ccc(OCCCNC2CCCCC2)c(F)c1. The van der Waals surface area contributed by atoms with Crippen molar-refractivity contribution in [3.05, 3.63) is 24.0 Å². The number of benzene rings is 1. The van der Waals surface area contributed by atoms with E-state index in [1.807, 2.05) is 0 Å². The third kappa shape index (κ3) is 6.12. The Kier molecular flexibility index (Phi) is 8.79. The third-order valence-corrected chi connectivity index (χ3v) is 3.87. The maximum atomic E-state index is 13.6. The highest BCUT2D eigenvalue weighted by molar-refractivity contribution is 6.58. The van der Waals surface area contributed by atoms with Crippen LogP contribution in [0.2, 0.25) is 0 Å². The predicted octanol–water partition coefficient (Wildman–Crippen LogP) is 1.62. The van der Waals surface area contributed by atoms with Gasteiger partial charge in [-0.15, -0.1) is 12.4 Å². The maximum absolute atomic E-state index is 13.6. The molecule has 0 amide bonds. The Morgan fingerprint density at radius 3 is 2.59 bits per heavy atom. The Bertz CT molecular complexity index is 445. The number of halogens is 2. The molecule has 1 aromatic rings. The van der Waals surface area contributed by atoms with Crippen LogP contribution in [0, 0.1) is 5.82 Å². The molecule has 0 aliphatic heterocycles. The molecule has 1 fully saturated rings. The van der Waals surface area contributed by atoms with Crippen molar-refractivity contribution < 1.29 is 19.2 Å². The van der Waals surface area contributed by atoms with Gasteiger partial charge in [-0.05, 0) is 43.4 Å².